The molecule has 0 spiro atoms. The molecule has 2 amide bonds. The third-order valence-corrected chi connectivity index (χ3v) is 12.0. The predicted molar refractivity (Wildman–Crippen MR) is 220 cm³/mol. The Morgan fingerprint density at radius 2 is 1.33 bits per heavy atom. The summed E-state index contributed by atoms with van der Waals surface area (Å²) in [5.74, 6) is -1.26. The van der Waals surface area contributed by atoms with Crippen molar-refractivity contribution < 1.29 is 37.7 Å². The monoisotopic (exact) mass is 799 g/mol. The molecule has 4 aromatic carbocycles. The molecular formula is C45H57N3O8S. The highest BCUT2D eigenvalue weighted by Crippen LogP contribution is 2.23. The summed E-state index contributed by atoms with van der Waals surface area (Å²) in [4.78, 5) is 27.8. The number of nitrogens with zero attached hydrogens (tertiary/aromatic N) is 1. The molecular weight excluding hydrogens is 743 g/mol. The van der Waals surface area contributed by atoms with Gasteiger partial charge in [0.2, 0.25) is 15.9 Å². The van der Waals surface area contributed by atoms with Crippen LogP contribution in [0.15, 0.2) is 120 Å². The number of carbonyl (C=O) groups is 2. The van der Waals surface area contributed by atoms with Gasteiger partial charge in [0.05, 0.1) is 42.4 Å². The molecule has 0 bridgehead atoms. The summed E-state index contributed by atoms with van der Waals surface area (Å²) in [6.45, 7) is 6.37. The molecule has 0 saturated carbocycles. The molecule has 6 atom stereocenters. The lowest BCUT2D eigenvalue weighted by Crippen LogP contribution is -2.53. The Morgan fingerprint density at radius 3 is 1.86 bits per heavy atom. The molecule has 0 aliphatic carbocycles. The molecule has 306 valence electrons. The van der Waals surface area contributed by atoms with Gasteiger partial charge in [-0.2, -0.15) is 4.31 Å². The second-order valence-corrected chi connectivity index (χ2v) is 17.4. The maximum absolute atomic E-state index is 14.5. The van der Waals surface area contributed by atoms with Crippen molar-refractivity contribution in [3.8, 4) is 0 Å². The van der Waals surface area contributed by atoms with Crippen LogP contribution < -0.4 is 10.6 Å². The van der Waals surface area contributed by atoms with Crippen LogP contribution in [0.25, 0.3) is 0 Å². The minimum absolute atomic E-state index is 0.0274. The van der Waals surface area contributed by atoms with Crippen LogP contribution in [0.1, 0.15) is 48.9 Å². The number of amides is 2. The average Bonchev–Trinajstić information content (AvgIpc) is 3.70. The fraction of sp³-hybridized carbons (Fsp3) is 0.422. The summed E-state index contributed by atoms with van der Waals surface area (Å²) in [5.41, 5.74) is 3.39. The van der Waals surface area contributed by atoms with Crippen LogP contribution in [0.2, 0.25) is 0 Å². The highest BCUT2D eigenvalue weighted by Gasteiger charge is 2.35. The minimum atomic E-state index is -4.00. The van der Waals surface area contributed by atoms with Crippen molar-refractivity contribution in [3.05, 3.63) is 138 Å². The van der Waals surface area contributed by atoms with Crippen LogP contribution >= 0.6 is 0 Å². The average molecular weight is 800 g/mol. The number of aliphatic hydroxyl groups is 2. The van der Waals surface area contributed by atoms with Crippen molar-refractivity contribution in [2.75, 3.05) is 26.3 Å². The zero-order chi connectivity index (χ0) is 40.8. The molecule has 57 heavy (non-hydrogen) atoms. The number of hydrogen-bond acceptors (Lipinski definition) is 8. The van der Waals surface area contributed by atoms with E-state index in [4.69, 9.17) is 9.47 Å². The molecule has 1 aliphatic heterocycles. The lowest BCUT2D eigenvalue weighted by atomic mass is 9.88. The number of carbonyl (C=O) groups excluding carboxylic acids is 2. The zero-order valence-electron chi connectivity index (χ0n) is 33.1. The Morgan fingerprint density at radius 1 is 0.772 bits per heavy atom. The maximum Gasteiger partial charge on any atom is 0.407 e. The van der Waals surface area contributed by atoms with E-state index in [1.54, 1.807) is 18.2 Å². The molecule has 1 aliphatic rings. The molecule has 1 fully saturated rings. The minimum Gasteiger partial charge on any atom is -0.444 e. The van der Waals surface area contributed by atoms with Gasteiger partial charge in [0.25, 0.3) is 0 Å². The van der Waals surface area contributed by atoms with Gasteiger partial charge < -0.3 is 30.3 Å². The van der Waals surface area contributed by atoms with E-state index in [9.17, 15) is 28.2 Å². The number of hydrogen-bond donors (Lipinski definition) is 4. The summed E-state index contributed by atoms with van der Waals surface area (Å²) in [6.07, 6.45) is -2.19. The van der Waals surface area contributed by atoms with Crippen molar-refractivity contribution in [2.45, 2.75) is 88.2 Å². The smallest absolute Gasteiger partial charge is 0.407 e. The van der Waals surface area contributed by atoms with E-state index in [0.717, 1.165) is 22.3 Å². The first kappa shape index (κ1) is 43.5. The molecule has 1 heterocycles. The van der Waals surface area contributed by atoms with E-state index in [1.165, 1.54) is 4.31 Å². The van der Waals surface area contributed by atoms with Crippen LogP contribution in [0, 0.1) is 18.8 Å². The first-order valence-corrected chi connectivity index (χ1v) is 21.2. The molecule has 11 nitrogen and oxygen atoms in total. The second kappa shape index (κ2) is 21.2. The number of sulfonamides is 1. The van der Waals surface area contributed by atoms with Crippen LogP contribution in [-0.2, 0) is 43.6 Å². The van der Waals surface area contributed by atoms with Crippen molar-refractivity contribution >= 4 is 22.0 Å². The Balaban J connectivity index is 1.41. The van der Waals surface area contributed by atoms with Gasteiger partial charge in [0.15, 0.2) is 0 Å². The molecule has 2 unspecified atom stereocenters. The Labute approximate surface area is 337 Å². The van der Waals surface area contributed by atoms with Gasteiger partial charge >= 0.3 is 6.09 Å². The van der Waals surface area contributed by atoms with Crippen molar-refractivity contribution in [1.82, 2.24) is 14.9 Å². The van der Waals surface area contributed by atoms with E-state index in [1.807, 2.05) is 118 Å². The molecule has 0 radical (unpaired) electrons. The van der Waals surface area contributed by atoms with Gasteiger partial charge in [-0.15, -0.1) is 0 Å². The van der Waals surface area contributed by atoms with Crippen LogP contribution in [0.4, 0.5) is 4.79 Å². The summed E-state index contributed by atoms with van der Waals surface area (Å²) in [6, 6.07) is 33.3. The van der Waals surface area contributed by atoms with Crippen LogP contribution in [0.3, 0.4) is 0 Å². The molecule has 0 aromatic heterocycles. The lowest BCUT2D eigenvalue weighted by molar-refractivity contribution is -0.127. The maximum atomic E-state index is 14.5. The standard InChI is InChI=1S/C45H57N3O8S/c1-32(2)29-48(57(53,54)39-21-13-14-33(3)24-39)30-43(50)41(27-36-19-11-6-12-20-36)46-44(51)37(25-34-15-7-4-8-16-34)28-42(49)40(26-35-17-9-5-10-18-35)47-45(52)56-38-22-23-55-31-38/h4-21,24,32,37-38,40-43,49-50H,22-23,25-31H2,1-3H3,(H,46,51)(H,47,52)/t37?,38?,40-,41-,42-,43+/m0/s1. The van der Waals surface area contributed by atoms with Crippen LogP contribution in [-0.4, -0.2) is 91.6 Å². The van der Waals surface area contributed by atoms with Gasteiger partial charge in [-0.3, -0.25) is 4.79 Å². The Kier molecular flexibility index (Phi) is 16.2. The SMILES string of the molecule is Cc1cccc(S(=O)(=O)N(CC(C)C)C[C@@H](O)[C@H](Cc2ccccc2)NC(=O)C(Cc2ccccc2)C[C@H](O)[C@H](Cc2ccccc2)NC(=O)OC2CCOC2)c1. The third-order valence-electron chi connectivity index (χ3n) is 10.1. The quantitative estimate of drug-likeness (QED) is 0.0919. The highest BCUT2D eigenvalue weighted by atomic mass is 32.2. The number of alkyl carbamates (subject to hydrolysis) is 1. The fourth-order valence-electron chi connectivity index (χ4n) is 7.12. The van der Waals surface area contributed by atoms with E-state index < -0.39 is 52.2 Å². The number of ether oxygens (including phenoxy) is 2. The van der Waals surface area contributed by atoms with Crippen molar-refractivity contribution in [3.63, 3.8) is 0 Å². The van der Waals surface area contributed by atoms with E-state index in [0.29, 0.717) is 19.6 Å². The number of benzene rings is 4. The van der Waals surface area contributed by atoms with E-state index in [-0.39, 0.29) is 55.7 Å². The van der Waals surface area contributed by atoms with Crippen molar-refractivity contribution in [1.29, 1.82) is 0 Å². The van der Waals surface area contributed by atoms with E-state index >= 15 is 0 Å². The normalized spacial score (nSPS) is 17.1. The largest absolute Gasteiger partial charge is 0.444 e. The first-order chi connectivity index (χ1) is 27.4. The predicted octanol–water partition coefficient (Wildman–Crippen LogP) is 5.47. The molecule has 4 aromatic rings. The molecule has 5 rings (SSSR count). The van der Waals surface area contributed by atoms with Gasteiger partial charge in [0.1, 0.15) is 6.10 Å². The number of nitrogens with one attached hydrogen (secondary N) is 2. The number of aliphatic hydroxyl groups excluding tert-OH is 2. The summed E-state index contributed by atoms with van der Waals surface area (Å²) in [5, 5.41) is 29.8. The third kappa shape index (κ3) is 13.5. The summed E-state index contributed by atoms with van der Waals surface area (Å²) >= 11 is 0. The Bertz CT molecular complexity index is 1940. The molecule has 12 heteroatoms. The molecule has 4 N–H and O–H groups in total. The van der Waals surface area contributed by atoms with Gasteiger partial charge in [0, 0.05) is 25.4 Å². The summed E-state index contributed by atoms with van der Waals surface area (Å²) in [7, 11) is -4.00. The number of rotatable bonds is 20. The zero-order valence-corrected chi connectivity index (χ0v) is 33.9. The molecule has 1 saturated heterocycles. The second-order valence-electron chi connectivity index (χ2n) is 15.4. The van der Waals surface area contributed by atoms with Gasteiger partial charge in [-0.1, -0.05) is 117 Å². The number of aryl methyl sites for hydroxylation is 1. The Hall–Kier alpha value is -4.59. The van der Waals surface area contributed by atoms with Crippen molar-refractivity contribution in [2.24, 2.45) is 11.8 Å². The van der Waals surface area contributed by atoms with Gasteiger partial charge in [-0.25, -0.2) is 13.2 Å². The van der Waals surface area contributed by atoms with Crippen LogP contribution in [0.5, 0.6) is 0 Å². The first-order valence-electron chi connectivity index (χ1n) is 19.8. The lowest BCUT2D eigenvalue weighted by Gasteiger charge is -2.32. The highest BCUT2D eigenvalue weighted by molar-refractivity contribution is 7.89. The van der Waals surface area contributed by atoms with E-state index in [2.05, 4.69) is 10.6 Å². The topological polar surface area (TPSA) is 154 Å². The van der Waals surface area contributed by atoms with Gasteiger partial charge in [-0.05, 0) is 72.9 Å². The summed E-state index contributed by atoms with van der Waals surface area (Å²) < 4.78 is 40.3. The fourth-order valence-corrected chi connectivity index (χ4v) is 8.85.